The number of fused-ring (bicyclic) bond motifs is 1. The molecule has 0 bridgehead atoms. The van der Waals surface area contributed by atoms with E-state index in [1.165, 1.54) is 6.42 Å². The highest BCUT2D eigenvalue weighted by Gasteiger charge is 2.39. The van der Waals surface area contributed by atoms with Crippen LogP contribution in [0.4, 0.5) is 0 Å². The van der Waals surface area contributed by atoms with Crippen LogP contribution in [-0.4, -0.2) is 53.2 Å². The minimum Gasteiger partial charge on any atom is -0.330 e. The normalized spacial score (nSPS) is 26.3. The molecule has 7 nitrogen and oxygen atoms in total. The van der Waals surface area contributed by atoms with Crippen LogP contribution in [0.3, 0.4) is 0 Å². The molecule has 144 valence electrons. The van der Waals surface area contributed by atoms with Gasteiger partial charge in [0.15, 0.2) is 0 Å². The van der Waals surface area contributed by atoms with Crippen molar-refractivity contribution in [1.82, 2.24) is 15.1 Å². The summed E-state index contributed by atoms with van der Waals surface area (Å²) in [4.78, 5) is 40.6. The van der Waals surface area contributed by atoms with E-state index in [4.69, 9.17) is 5.73 Å². The molecule has 1 unspecified atom stereocenters. The maximum Gasteiger partial charge on any atom is 0.255 e. The Morgan fingerprint density at radius 1 is 1.19 bits per heavy atom. The molecule has 27 heavy (non-hydrogen) atoms. The van der Waals surface area contributed by atoms with E-state index in [0.717, 1.165) is 37.2 Å². The summed E-state index contributed by atoms with van der Waals surface area (Å²) in [6.07, 6.45) is 3.00. The zero-order chi connectivity index (χ0) is 19.0. The molecule has 0 aromatic heterocycles. The number of hydrogen-bond donors (Lipinski definition) is 2. The third-order valence-electron chi connectivity index (χ3n) is 6.01. The molecule has 0 radical (unpaired) electrons. The highest BCUT2D eigenvalue weighted by atomic mass is 16.2. The Morgan fingerprint density at radius 2 is 2.04 bits per heavy atom. The van der Waals surface area contributed by atoms with Crippen molar-refractivity contribution >= 4 is 17.7 Å². The van der Waals surface area contributed by atoms with Gasteiger partial charge in [-0.3, -0.25) is 24.6 Å². The Morgan fingerprint density at radius 3 is 2.81 bits per heavy atom. The fourth-order valence-corrected chi connectivity index (χ4v) is 4.53. The molecule has 3 aliphatic heterocycles. The van der Waals surface area contributed by atoms with Gasteiger partial charge in [0.25, 0.3) is 5.91 Å². The second kappa shape index (κ2) is 7.40. The Kier molecular flexibility index (Phi) is 4.97. The van der Waals surface area contributed by atoms with E-state index in [9.17, 15) is 14.4 Å². The number of likely N-dealkylation sites (tertiary alicyclic amines) is 1. The number of benzene rings is 1. The van der Waals surface area contributed by atoms with Gasteiger partial charge >= 0.3 is 0 Å². The van der Waals surface area contributed by atoms with Crippen LogP contribution in [0.15, 0.2) is 18.2 Å². The van der Waals surface area contributed by atoms with Crippen molar-refractivity contribution in [3.05, 3.63) is 34.9 Å². The highest BCUT2D eigenvalue weighted by Crippen LogP contribution is 2.31. The Labute approximate surface area is 158 Å². The van der Waals surface area contributed by atoms with Crippen LogP contribution in [0.1, 0.15) is 47.2 Å². The van der Waals surface area contributed by atoms with Crippen molar-refractivity contribution < 1.29 is 14.4 Å². The first-order valence-electron chi connectivity index (χ1n) is 9.74. The van der Waals surface area contributed by atoms with Crippen molar-refractivity contribution in [3.8, 4) is 0 Å². The fourth-order valence-electron chi connectivity index (χ4n) is 4.53. The SMILES string of the molecule is NC[C@@H]1CCCN(Cc2cccc3c2CN(C2CCC(=O)NC2=O)C3=O)C1. The van der Waals surface area contributed by atoms with E-state index in [0.29, 0.717) is 31.0 Å². The molecule has 3 amide bonds. The summed E-state index contributed by atoms with van der Waals surface area (Å²) in [5, 5.41) is 2.35. The van der Waals surface area contributed by atoms with E-state index >= 15 is 0 Å². The maximum atomic E-state index is 12.9. The smallest absolute Gasteiger partial charge is 0.255 e. The number of nitrogens with one attached hydrogen (secondary N) is 1. The molecule has 3 N–H and O–H groups in total. The van der Waals surface area contributed by atoms with E-state index < -0.39 is 6.04 Å². The van der Waals surface area contributed by atoms with Gasteiger partial charge in [-0.25, -0.2) is 0 Å². The number of carbonyl (C=O) groups excluding carboxylic acids is 3. The summed E-state index contributed by atoms with van der Waals surface area (Å²) in [7, 11) is 0. The molecule has 2 atom stereocenters. The van der Waals surface area contributed by atoms with Crippen molar-refractivity contribution in [2.75, 3.05) is 19.6 Å². The second-order valence-electron chi connectivity index (χ2n) is 7.82. The Balaban J connectivity index is 1.52. The van der Waals surface area contributed by atoms with Gasteiger partial charge in [-0.2, -0.15) is 0 Å². The minimum atomic E-state index is -0.563. The molecule has 3 heterocycles. The number of nitrogens with two attached hydrogens (primary N) is 1. The summed E-state index contributed by atoms with van der Waals surface area (Å²) in [5.41, 5.74) is 8.70. The van der Waals surface area contributed by atoms with Crippen molar-refractivity contribution in [2.24, 2.45) is 11.7 Å². The molecule has 2 saturated heterocycles. The lowest BCUT2D eigenvalue weighted by Gasteiger charge is -2.32. The zero-order valence-corrected chi connectivity index (χ0v) is 15.4. The van der Waals surface area contributed by atoms with Crippen LogP contribution >= 0.6 is 0 Å². The Hall–Kier alpha value is -2.25. The summed E-state index contributed by atoms with van der Waals surface area (Å²) in [6.45, 7) is 3.99. The third kappa shape index (κ3) is 3.49. The first-order chi connectivity index (χ1) is 13.1. The second-order valence-corrected chi connectivity index (χ2v) is 7.82. The molecule has 7 heteroatoms. The van der Waals surface area contributed by atoms with Gasteiger partial charge in [0.05, 0.1) is 0 Å². The number of piperidine rings is 2. The summed E-state index contributed by atoms with van der Waals surface area (Å²) >= 11 is 0. The molecule has 1 aromatic rings. The lowest BCUT2D eigenvalue weighted by atomic mass is 9.96. The van der Waals surface area contributed by atoms with Crippen LogP contribution in [0.25, 0.3) is 0 Å². The van der Waals surface area contributed by atoms with Gasteiger partial charge in [-0.1, -0.05) is 12.1 Å². The molecule has 2 fully saturated rings. The van der Waals surface area contributed by atoms with Crippen LogP contribution in [0, 0.1) is 5.92 Å². The van der Waals surface area contributed by atoms with E-state index in [-0.39, 0.29) is 24.1 Å². The third-order valence-corrected chi connectivity index (χ3v) is 6.01. The standard InChI is InChI=1S/C20H26N4O3/c21-9-13-3-2-8-23(10-13)11-14-4-1-5-15-16(14)12-24(20(15)27)17-6-7-18(25)22-19(17)26/h1,4-5,13,17H,2-3,6-12,21H2,(H,22,25,26)/t13-,17?/m0/s1. The molecular formula is C20H26N4O3. The van der Waals surface area contributed by atoms with Crippen molar-refractivity contribution in [3.63, 3.8) is 0 Å². The van der Waals surface area contributed by atoms with Crippen LogP contribution in [0.2, 0.25) is 0 Å². The van der Waals surface area contributed by atoms with Crippen molar-refractivity contribution in [2.45, 2.75) is 44.8 Å². The van der Waals surface area contributed by atoms with Crippen LogP contribution < -0.4 is 11.1 Å². The van der Waals surface area contributed by atoms with Gasteiger partial charge < -0.3 is 10.6 Å². The number of amides is 3. The maximum absolute atomic E-state index is 12.9. The molecule has 4 rings (SSSR count). The number of rotatable bonds is 4. The lowest BCUT2D eigenvalue weighted by molar-refractivity contribution is -0.136. The molecule has 0 saturated carbocycles. The first kappa shape index (κ1) is 18.1. The van der Waals surface area contributed by atoms with E-state index in [1.807, 2.05) is 12.1 Å². The highest BCUT2D eigenvalue weighted by molar-refractivity contribution is 6.05. The summed E-state index contributed by atoms with van der Waals surface area (Å²) < 4.78 is 0. The predicted octanol–water partition coefficient (Wildman–Crippen LogP) is 0.618. The molecular weight excluding hydrogens is 344 g/mol. The topological polar surface area (TPSA) is 95.7 Å². The van der Waals surface area contributed by atoms with Crippen molar-refractivity contribution in [1.29, 1.82) is 0 Å². The number of hydrogen-bond acceptors (Lipinski definition) is 5. The molecule has 3 aliphatic rings. The summed E-state index contributed by atoms with van der Waals surface area (Å²) in [5.74, 6) is -0.201. The van der Waals surface area contributed by atoms with Crippen LogP contribution in [-0.2, 0) is 22.7 Å². The largest absolute Gasteiger partial charge is 0.330 e. The van der Waals surface area contributed by atoms with E-state index in [2.05, 4.69) is 16.3 Å². The van der Waals surface area contributed by atoms with Gasteiger partial charge in [-0.15, -0.1) is 0 Å². The molecule has 0 spiro atoms. The summed E-state index contributed by atoms with van der Waals surface area (Å²) in [6, 6.07) is 5.27. The first-order valence-corrected chi connectivity index (χ1v) is 9.74. The van der Waals surface area contributed by atoms with Gasteiger partial charge in [0.2, 0.25) is 11.8 Å². The number of imide groups is 1. The fraction of sp³-hybridized carbons (Fsp3) is 0.550. The minimum absolute atomic E-state index is 0.111. The Bertz CT molecular complexity index is 778. The number of nitrogens with zero attached hydrogens (tertiary/aromatic N) is 2. The number of carbonyl (C=O) groups is 3. The monoisotopic (exact) mass is 370 g/mol. The molecule has 1 aromatic carbocycles. The lowest BCUT2D eigenvalue weighted by Crippen LogP contribution is -2.52. The van der Waals surface area contributed by atoms with Gasteiger partial charge in [0.1, 0.15) is 6.04 Å². The van der Waals surface area contributed by atoms with Gasteiger partial charge in [0, 0.05) is 31.6 Å². The van der Waals surface area contributed by atoms with E-state index in [1.54, 1.807) is 4.90 Å². The van der Waals surface area contributed by atoms with Crippen LogP contribution in [0.5, 0.6) is 0 Å². The quantitative estimate of drug-likeness (QED) is 0.758. The predicted molar refractivity (Wildman–Crippen MR) is 99.5 cm³/mol. The van der Waals surface area contributed by atoms with Gasteiger partial charge in [-0.05, 0) is 55.5 Å². The average molecular weight is 370 g/mol. The average Bonchev–Trinajstić information content (AvgIpc) is 3.00. The molecule has 0 aliphatic carbocycles. The zero-order valence-electron chi connectivity index (χ0n) is 15.4.